The van der Waals surface area contributed by atoms with Crippen molar-refractivity contribution in [3.63, 3.8) is 0 Å². The lowest BCUT2D eigenvalue weighted by molar-refractivity contribution is -0.0444. The molecule has 3 unspecified atom stereocenters. The molecule has 0 spiro atoms. The van der Waals surface area contributed by atoms with Gasteiger partial charge in [-0.3, -0.25) is 9.88 Å². The second-order valence-corrected chi connectivity index (χ2v) is 6.97. The largest absolute Gasteiger partial charge is 0.497 e. The standard InChI is InChI=1S/C20H24N2O2/c1-3-13-12-22-9-7-14(13)10-19(22)20(23)16-6-8-21-18-5-4-15(24-2)11-17(16)18/h3-6,8,11,13-14,19-20,23H,1,7,9-10,12H2,2H3/t13?,14?,19-,20-/m0/s1. The van der Waals surface area contributed by atoms with E-state index in [9.17, 15) is 5.11 Å². The summed E-state index contributed by atoms with van der Waals surface area (Å²) in [4.78, 5) is 6.86. The zero-order valence-corrected chi connectivity index (χ0v) is 14.1. The van der Waals surface area contributed by atoms with Gasteiger partial charge in [-0.25, -0.2) is 0 Å². The van der Waals surface area contributed by atoms with Crippen molar-refractivity contribution in [2.75, 3.05) is 20.2 Å². The van der Waals surface area contributed by atoms with Gasteiger partial charge in [0.05, 0.1) is 18.7 Å². The molecule has 5 atom stereocenters. The summed E-state index contributed by atoms with van der Waals surface area (Å²) in [6.45, 7) is 6.07. The van der Waals surface area contributed by atoms with Crippen LogP contribution in [0, 0.1) is 11.8 Å². The molecule has 0 radical (unpaired) electrons. The summed E-state index contributed by atoms with van der Waals surface area (Å²) in [6, 6.07) is 7.96. The summed E-state index contributed by atoms with van der Waals surface area (Å²) in [5, 5.41) is 12.1. The molecule has 1 N–H and O–H groups in total. The SMILES string of the molecule is C=CC1CN2CCC1C[C@H]2[C@@H](O)c1ccnc2ccc(OC)cc12. The monoisotopic (exact) mass is 324 g/mol. The Morgan fingerprint density at radius 2 is 2.29 bits per heavy atom. The van der Waals surface area contributed by atoms with Crippen molar-refractivity contribution in [1.82, 2.24) is 9.88 Å². The Kier molecular flexibility index (Phi) is 4.02. The highest BCUT2D eigenvalue weighted by Gasteiger charge is 2.42. The second kappa shape index (κ2) is 6.19. The first-order valence-electron chi connectivity index (χ1n) is 8.68. The average Bonchev–Trinajstić information content (AvgIpc) is 2.66. The maximum atomic E-state index is 11.2. The number of aromatic nitrogens is 1. The van der Waals surface area contributed by atoms with Crippen LogP contribution in [-0.2, 0) is 0 Å². The van der Waals surface area contributed by atoms with Gasteiger partial charge in [-0.05, 0) is 61.1 Å². The Labute approximate surface area is 142 Å². The highest BCUT2D eigenvalue weighted by Crippen LogP contribution is 2.42. The van der Waals surface area contributed by atoms with E-state index in [1.807, 2.05) is 24.3 Å². The number of methoxy groups -OCH3 is 1. The number of nitrogens with zero attached hydrogens (tertiary/aromatic N) is 2. The topological polar surface area (TPSA) is 45.6 Å². The second-order valence-electron chi connectivity index (χ2n) is 6.97. The van der Waals surface area contributed by atoms with Gasteiger partial charge in [-0.1, -0.05) is 6.08 Å². The first-order chi connectivity index (χ1) is 11.7. The Balaban J connectivity index is 1.69. The van der Waals surface area contributed by atoms with Crippen molar-refractivity contribution in [2.24, 2.45) is 11.8 Å². The number of hydrogen-bond donors (Lipinski definition) is 1. The van der Waals surface area contributed by atoms with Gasteiger partial charge in [0, 0.05) is 24.2 Å². The molecule has 3 saturated heterocycles. The Morgan fingerprint density at radius 3 is 3.00 bits per heavy atom. The van der Waals surface area contributed by atoms with E-state index in [-0.39, 0.29) is 6.04 Å². The van der Waals surface area contributed by atoms with Crippen molar-refractivity contribution in [2.45, 2.75) is 25.0 Å². The predicted molar refractivity (Wildman–Crippen MR) is 95.0 cm³/mol. The third-order valence-electron chi connectivity index (χ3n) is 5.82. The van der Waals surface area contributed by atoms with Crippen molar-refractivity contribution >= 4 is 10.9 Å². The molecule has 2 aromatic rings. The van der Waals surface area contributed by atoms with E-state index in [2.05, 4.69) is 22.5 Å². The van der Waals surface area contributed by atoms with Gasteiger partial charge in [0.2, 0.25) is 0 Å². The van der Waals surface area contributed by atoms with Crippen molar-refractivity contribution in [3.05, 3.63) is 48.7 Å². The Hall–Kier alpha value is -1.91. The van der Waals surface area contributed by atoms with E-state index in [1.54, 1.807) is 13.3 Å². The number of aliphatic hydroxyl groups excluding tert-OH is 1. The number of rotatable bonds is 4. The van der Waals surface area contributed by atoms with Gasteiger partial charge in [-0.15, -0.1) is 6.58 Å². The molecule has 4 heteroatoms. The number of piperidine rings is 3. The molecule has 5 rings (SSSR count). The van der Waals surface area contributed by atoms with Crippen molar-refractivity contribution in [3.8, 4) is 5.75 Å². The highest BCUT2D eigenvalue weighted by molar-refractivity contribution is 5.83. The summed E-state index contributed by atoms with van der Waals surface area (Å²) in [5.41, 5.74) is 1.85. The van der Waals surface area contributed by atoms with E-state index >= 15 is 0 Å². The molecule has 0 saturated carbocycles. The molecule has 1 aromatic heterocycles. The molecule has 4 nitrogen and oxygen atoms in total. The smallest absolute Gasteiger partial charge is 0.119 e. The summed E-state index contributed by atoms with van der Waals surface area (Å²) in [6.07, 6.45) is 5.62. The molecule has 3 aliphatic heterocycles. The molecule has 3 aliphatic rings. The van der Waals surface area contributed by atoms with Crippen molar-refractivity contribution in [1.29, 1.82) is 0 Å². The predicted octanol–water partition coefficient (Wildman–Crippen LogP) is 3.17. The lowest BCUT2D eigenvalue weighted by Gasteiger charge is -2.50. The summed E-state index contributed by atoms with van der Waals surface area (Å²) in [5.74, 6) is 2.01. The fourth-order valence-corrected chi connectivity index (χ4v) is 4.44. The van der Waals surface area contributed by atoms with Gasteiger partial charge in [0.15, 0.2) is 0 Å². The molecule has 4 heterocycles. The molecule has 3 fully saturated rings. The summed E-state index contributed by atoms with van der Waals surface area (Å²) in [7, 11) is 1.66. The third kappa shape index (κ3) is 2.50. The fourth-order valence-electron chi connectivity index (χ4n) is 4.44. The number of ether oxygens (including phenoxy) is 1. The van der Waals surface area contributed by atoms with E-state index in [0.717, 1.165) is 41.7 Å². The summed E-state index contributed by atoms with van der Waals surface area (Å²) < 4.78 is 5.35. The average molecular weight is 324 g/mol. The van der Waals surface area contributed by atoms with Crippen LogP contribution in [0.4, 0.5) is 0 Å². The molecule has 24 heavy (non-hydrogen) atoms. The highest BCUT2D eigenvalue weighted by atomic mass is 16.5. The minimum Gasteiger partial charge on any atom is -0.497 e. The molecule has 2 bridgehead atoms. The van der Waals surface area contributed by atoms with Gasteiger partial charge in [0.1, 0.15) is 5.75 Å². The third-order valence-corrected chi connectivity index (χ3v) is 5.82. The normalized spacial score (nSPS) is 30.2. The summed E-state index contributed by atoms with van der Waals surface area (Å²) >= 11 is 0. The lowest BCUT2D eigenvalue weighted by Crippen LogP contribution is -2.54. The minimum absolute atomic E-state index is 0.178. The van der Waals surface area contributed by atoms with Crippen molar-refractivity contribution < 1.29 is 9.84 Å². The van der Waals surface area contributed by atoms with E-state index in [0.29, 0.717) is 11.8 Å². The Bertz CT molecular complexity index is 760. The molecule has 126 valence electrons. The van der Waals surface area contributed by atoms with E-state index < -0.39 is 6.10 Å². The number of aliphatic hydroxyl groups is 1. The number of hydrogen-bond acceptors (Lipinski definition) is 4. The van der Waals surface area contributed by atoms with E-state index in [4.69, 9.17) is 4.74 Å². The van der Waals surface area contributed by atoms with Gasteiger partial charge >= 0.3 is 0 Å². The van der Waals surface area contributed by atoms with Gasteiger partial charge in [0.25, 0.3) is 0 Å². The quantitative estimate of drug-likeness (QED) is 0.878. The first-order valence-corrected chi connectivity index (χ1v) is 8.68. The van der Waals surface area contributed by atoms with Crippen LogP contribution >= 0.6 is 0 Å². The van der Waals surface area contributed by atoms with Crippen LogP contribution in [0.2, 0.25) is 0 Å². The van der Waals surface area contributed by atoms with Crippen LogP contribution in [-0.4, -0.2) is 41.2 Å². The molecular weight excluding hydrogens is 300 g/mol. The molecular formula is C20H24N2O2. The zero-order valence-electron chi connectivity index (χ0n) is 14.1. The maximum Gasteiger partial charge on any atom is 0.119 e. The van der Waals surface area contributed by atoms with Crippen LogP contribution in [0.3, 0.4) is 0 Å². The zero-order chi connectivity index (χ0) is 16.7. The maximum absolute atomic E-state index is 11.2. The fraction of sp³-hybridized carbons (Fsp3) is 0.450. The minimum atomic E-state index is -0.504. The lowest BCUT2D eigenvalue weighted by atomic mass is 9.73. The van der Waals surface area contributed by atoms with Crippen LogP contribution in [0.5, 0.6) is 5.75 Å². The number of fused-ring (bicyclic) bond motifs is 4. The van der Waals surface area contributed by atoms with Gasteiger partial charge in [-0.2, -0.15) is 0 Å². The van der Waals surface area contributed by atoms with E-state index in [1.165, 1.54) is 6.42 Å². The van der Waals surface area contributed by atoms with Crippen LogP contribution < -0.4 is 4.74 Å². The molecule has 0 aliphatic carbocycles. The van der Waals surface area contributed by atoms with Crippen LogP contribution in [0.15, 0.2) is 43.1 Å². The number of benzene rings is 1. The van der Waals surface area contributed by atoms with Crippen LogP contribution in [0.25, 0.3) is 10.9 Å². The Morgan fingerprint density at radius 1 is 1.42 bits per heavy atom. The van der Waals surface area contributed by atoms with Crippen LogP contribution in [0.1, 0.15) is 24.5 Å². The first kappa shape index (κ1) is 15.6. The number of pyridine rings is 1. The molecule has 1 aromatic carbocycles. The molecule has 0 amide bonds. The van der Waals surface area contributed by atoms with Gasteiger partial charge < -0.3 is 9.84 Å².